The van der Waals surface area contributed by atoms with E-state index in [2.05, 4.69) is 0 Å². The number of hydroxylamine groups is 2. The summed E-state index contributed by atoms with van der Waals surface area (Å²) < 4.78 is 0. The summed E-state index contributed by atoms with van der Waals surface area (Å²) in [5.41, 5.74) is 5.08. The zero-order valence-corrected chi connectivity index (χ0v) is 6.39. The molecule has 10 heavy (non-hydrogen) atoms. The summed E-state index contributed by atoms with van der Waals surface area (Å²) in [7, 11) is 0. The maximum absolute atomic E-state index is 10.7. The fourth-order valence-corrected chi connectivity index (χ4v) is 0.746. The van der Waals surface area contributed by atoms with Gasteiger partial charge in [0.25, 0.3) is 5.91 Å². The van der Waals surface area contributed by atoms with Gasteiger partial charge in [0.1, 0.15) is 0 Å². The van der Waals surface area contributed by atoms with Crippen LogP contribution in [0.15, 0.2) is 0 Å². The minimum Gasteiger partial charge on any atom is -0.322 e. The van der Waals surface area contributed by atoms with Gasteiger partial charge >= 0.3 is 0 Å². The molecule has 0 aliphatic carbocycles. The Kier molecular flexibility index (Phi) is 4.34. The van der Waals surface area contributed by atoms with Crippen LogP contribution in [0.1, 0.15) is 6.42 Å². The number of halogens is 1. The normalized spacial score (nSPS) is 16.7. The predicted molar refractivity (Wildman–Crippen MR) is 38.6 cm³/mol. The third kappa shape index (κ3) is 2.13. The molecule has 0 aromatic heterocycles. The van der Waals surface area contributed by atoms with Crippen molar-refractivity contribution in [2.45, 2.75) is 6.42 Å². The summed E-state index contributed by atoms with van der Waals surface area (Å²) in [5.74, 6) is -0.132. The van der Waals surface area contributed by atoms with Crippen LogP contribution in [0.3, 0.4) is 0 Å². The van der Waals surface area contributed by atoms with Crippen molar-refractivity contribution in [3.63, 3.8) is 0 Å². The van der Waals surface area contributed by atoms with E-state index in [1.54, 1.807) is 0 Å². The molecule has 1 aliphatic rings. The second kappa shape index (κ2) is 4.49. The summed E-state index contributed by atoms with van der Waals surface area (Å²) in [6, 6.07) is 0. The first kappa shape index (κ1) is 9.68. The molecule has 4 nitrogen and oxygen atoms in total. The minimum absolute atomic E-state index is 0. The van der Waals surface area contributed by atoms with Gasteiger partial charge in [-0.1, -0.05) is 0 Å². The van der Waals surface area contributed by atoms with Crippen molar-refractivity contribution < 1.29 is 9.63 Å². The van der Waals surface area contributed by atoms with E-state index in [0.29, 0.717) is 13.2 Å². The van der Waals surface area contributed by atoms with E-state index < -0.39 is 0 Å². The first-order valence-corrected chi connectivity index (χ1v) is 2.98. The van der Waals surface area contributed by atoms with E-state index in [1.807, 2.05) is 0 Å². The number of hydrogen-bond donors (Lipinski definition) is 1. The van der Waals surface area contributed by atoms with Crippen molar-refractivity contribution in [2.75, 3.05) is 19.7 Å². The summed E-state index contributed by atoms with van der Waals surface area (Å²) >= 11 is 0. The predicted octanol–water partition coefficient (Wildman–Crippen LogP) is -0.469. The molecule has 1 fully saturated rings. The lowest BCUT2D eigenvalue weighted by molar-refractivity contribution is -0.166. The van der Waals surface area contributed by atoms with E-state index in [-0.39, 0.29) is 24.9 Å². The van der Waals surface area contributed by atoms with E-state index in [1.165, 1.54) is 5.06 Å². The fraction of sp³-hybridized carbons (Fsp3) is 0.800. The van der Waals surface area contributed by atoms with Gasteiger partial charge < -0.3 is 5.73 Å². The van der Waals surface area contributed by atoms with E-state index >= 15 is 0 Å². The highest BCUT2D eigenvalue weighted by atomic mass is 35.5. The Balaban J connectivity index is 0.000000810. The second-order valence-corrected chi connectivity index (χ2v) is 1.89. The highest BCUT2D eigenvalue weighted by Crippen LogP contribution is 2.02. The summed E-state index contributed by atoms with van der Waals surface area (Å²) in [6.45, 7) is 1.38. The van der Waals surface area contributed by atoms with Gasteiger partial charge in [-0.15, -0.1) is 12.4 Å². The van der Waals surface area contributed by atoms with Gasteiger partial charge in [0.2, 0.25) is 0 Å². The Hall–Kier alpha value is -0.320. The van der Waals surface area contributed by atoms with Gasteiger partial charge in [-0.2, -0.15) is 0 Å². The van der Waals surface area contributed by atoms with Gasteiger partial charge in [0.05, 0.1) is 19.7 Å². The van der Waals surface area contributed by atoms with E-state index in [0.717, 1.165) is 6.42 Å². The molecule has 0 aromatic rings. The molecule has 1 amide bonds. The third-order valence-electron chi connectivity index (χ3n) is 1.21. The first-order chi connectivity index (χ1) is 4.34. The second-order valence-electron chi connectivity index (χ2n) is 1.89. The Bertz CT molecular complexity index is 114. The molecular weight excluding hydrogens is 156 g/mol. The fourth-order valence-electron chi connectivity index (χ4n) is 0.746. The molecule has 0 unspecified atom stereocenters. The average Bonchev–Trinajstić information content (AvgIpc) is 2.37. The lowest BCUT2D eigenvalue weighted by Crippen LogP contribution is -2.32. The molecule has 1 heterocycles. The number of carbonyl (C=O) groups is 1. The minimum atomic E-state index is -0.132. The van der Waals surface area contributed by atoms with Gasteiger partial charge in [-0.25, -0.2) is 5.06 Å². The molecule has 0 saturated carbocycles. The van der Waals surface area contributed by atoms with Crippen molar-refractivity contribution in [1.29, 1.82) is 0 Å². The number of hydrogen-bond acceptors (Lipinski definition) is 3. The van der Waals surface area contributed by atoms with Crippen LogP contribution in [0, 0.1) is 0 Å². The van der Waals surface area contributed by atoms with Crippen LogP contribution in [0.4, 0.5) is 0 Å². The molecule has 0 bridgehead atoms. The molecule has 0 atom stereocenters. The van der Waals surface area contributed by atoms with Crippen molar-refractivity contribution >= 4 is 18.3 Å². The zero-order valence-electron chi connectivity index (χ0n) is 5.58. The van der Waals surface area contributed by atoms with Crippen LogP contribution in [-0.2, 0) is 9.63 Å². The maximum Gasteiger partial charge on any atom is 0.259 e. The Labute approximate surface area is 65.7 Å². The van der Waals surface area contributed by atoms with Crippen LogP contribution in [0.2, 0.25) is 0 Å². The molecule has 0 spiro atoms. The highest BCUT2D eigenvalue weighted by Gasteiger charge is 2.16. The summed E-state index contributed by atoms with van der Waals surface area (Å²) in [6.07, 6.45) is 0.922. The maximum atomic E-state index is 10.7. The highest BCUT2D eigenvalue weighted by molar-refractivity contribution is 5.85. The SMILES string of the molecule is Cl.NCC(=O)N1CCCO1. The average molecular weight is 167 g/mol. The topological polar surface area (TPSA) is 55.6 Å². The molecule has 1 aliphatic heterocycles. The molecule has 1 rings (SSSR count). The number of nitrogens with two attached hydrogens (primary N) is 1. The van der Waals surface area contributed by atoms with Gasteiger partial charge in [0, 0.05) is 0 Å². The molecule has 2 N–H and O–H groups in total. The molecular formula is C5H11ClN2O2. The Morgan fingerprint density at radius 1 is 1.70 bits per heavy atom. The van der Waals surface area contributed by atoms with Crippen molar-refractivity contribution in [1.82, 2.24) is 5.06 Å². The van der Waals surface area contributed by atoms with Crippen molar-refractivity contribution in [2.24, 2.45) is 5.73 Å². The summed E-state index contributed by atoms with van der Waals surface area (Å²) in [5, 5.41) is 1.32. The third-order valence-corrected chi connectivity index (χ3v) is 1.21. The lowest BCUT2D eigenvalue weighted by atomic mass is 10.4. The quantitative estimate of drug-likeness (QED) is 0.573. The molecule has 0 radical (unpaired) electrons. The van der Waals surface area contributed by atoms with E-state index in [4.69, 9.17) is 10.6 Å². The lowest BCUT2D eigenvalue weighted by Gasteiger charge is -2.10. The van der Waals surface area contributed by atoms with Gasteiger partial charge in [0.15, 0.2) is 0 Å². The number of carbonyl (C=O) groups excluding carboxylic acids is 1. The van der Waals surface area contributed by atoms with Crippen LogP contribution >= 0.6 is 12.4 Å². The van der Waals surface area contributed by atoms with Gasteiger partial charge in [-0.3, -0.25) is 9.63 Å². The smallest absolute Gasteiger partial charge is 0.259 e. The first-order valence-electron chi connectivity index (χ1n) is 2.98. The van der Waals surface area contributed by atoms with E-state index in [9.17, 15) is 4.79 Å². The Morgan fingerprint density at radius 3 is 2.80 bits per heavy atom. The van der Waals surface area contributed by atoms with Crippen LogP contribution < -0.4 is 5.73 Å². The van der Waals surface area contributed by atoms with Crippen LogP contribution in [0.5, 0.6) is 0 Å². The monoisotopic (exact) mass is 166 g/mol. The van der Waals surface area contributed by atoms with Crippen LogP contribution in [-0.4, -0.2) is 30.7 Å². The zero-order chi connectivity index (χ0) is 6.69. The largest absolute Gasteiger partial charge is 0.322 e. The Morgan fingerprint density at radius 2 is 2.40 bits per heavy atom. The number of rotatable bonds is 1. The van der Waals surface area contributed by atoms with Crippen molar-refractivity contribution in [3.8, 4) is 0 Å². The van der Waals surface area contributed by atoms with Crippen molar-refractivity contribution in [3.05, 3.63) is 0 Å². The van der Waals surface area contributed by atoms with Crippen LogP contribution in [0.25, 0.3) is 0 Å². The number of nitrogens with zero attached hydrogens (tertiary/aromatic N) is 1. The van der Waals surface area contributed by atoms with Gasteiger partial charge in [-0.05, 0) is 6.42 Å². The molecule has 5 heteroatoms. The number of amides is 1. The standard InChI is InChI=1S/C5H10N2O2.ClH/c6-4-5(8)7-2-1-3-9-7;/h1-4,6H2;1H. The summed E-state index contributed by atoms with van der Waals surface area (Å²) in [4.78, 5) is 15.6. The molecule has 0 aromatic carbocycles. The molecule has 60 valence electrons. The molecule has 1 saturated heterocycles.